The molecule has 0 saturated heterocycles. The molecule has 0 aliphatic heterocycles. The van der Waals surface area contributed by atoms with Gasteiger partial charge in [0.15, 0.2) is 0 Å². The molecule has 1 aromatic rings. The van der Waals surface area contributed by atoms with Crippen LogP contribution in [0.1, 0.15) is 31.9 Å². The fourth-order valence-corrected chi connectivity index (χ4v) is 2.17. The lowest BCUT2D eigenvalue weighted by Gasteiger charge is -2.18. The van der Waals surface area contributed by atoms with Gasteiger partial charge in [-0.3, -0.25) is 4.98 Å². The Morgan fingerprint density at radius 2 is 2.06 bits per heavy atom. The van der Waals surface area contributed by atoms with Crippen LogP contribution in [-0.2, 0) is 17.5 Å². The standard InChI is InChI=1S/C11H17BrN2OS/c1-8-9(5-13-7-10(8)12)6-14-16(15)11(2,3)4/h5,7,14H,6H2,1-4H3. The first-order valence-electron chi connectivity index (χ1n) is 5.06. The van der Waals surface area contributed by atoms with Gasteiger partial charge in [0.1, 0.15) is 0 Å². The summed E-state index contributed by atoms with van der Waals surface area (Å²) in [6.45, 7) is 8.43. The number of halogens is 1. The summed E-state index contributed by atoms with van der Waals surface area (Å²) in [5.74, 6) is 0. The van der Waals surface area contributed by atoms with Crippen molar-refractivity contribution in [2.75, 3.05) is 0 Å². The maximum Gasteiger partial charge on any atom is 0.0973 e. The maximum atomic E-state index is 11.8. The van der Waals surface area contributed by atoms with Gasteiger partial charge >= 0.3 is 0 Å². The van der Waals surface area contributed by atoms with E-state index in [1.165, 1.54) is 0 Å². The predicted molar refractivity (Wildman–Crippen MR) is 71.4 cm³/mol. The molecule has 1 atom stereocenters. The van der Waals surface area contributed by atoms with E-state index in [2.05, 4.69) is 25.6 Å². The molecule has 16 heavy (non-hydrogen) atoms. The number of hydrogen-bond donors (Lipinski definition) is 1. The Balaban J connectivity index is 2.69. The van der Waals surface area contributed by atoms with Crippen molar-refractivity contribution in [1.29, 1.82) is 0 Å². The summed E-state index contributed by atoms with van der Waals surface area (Å²) < 4.78 is 15.6. The van der Waals surface area contributed by atoms with Gasteiger partial charge in [-0.15, -0.1) is 0 Å². The second-order valence-corrected chi connectivity index (χ2v) is 7.51. The lowest BCUT2D eigenvalue weighted by Crippen LogP contribution is -2.33. The van der Waals surface area contributed by atoms with Gasteiger partial charge in [-0.05, 0) is 54.8 Å². The zero-order valence-corrected chi connectivity index (χ0v) is 12.4. The average Bonchev–Trinajstić information content (AvgIpc) is 2.18. The highest BCUT2D eigenvalue weighted by atomic mass is 79.9. The Kier molecular flexibility index (Phi) is 4.64. The van der Waals surface area contributed by atoms with Crippen molar-refractivity contribution in [1.82, 2.24) is 9.71 Å². The molecule has 0 saturated carbocycles. The molecule has 0 spiro atoms. The summed E-state index contributed by atoms with van der Waals surface area (Å²) in [6, 6.07) is 0. The van der Waals surface area contributed by atoms with Crippen LogP contribution in [0.5, 0.6) is 0 Å². The van der Waals surface area contributed by atoms with Gasteiger partial charge in [-0.1, -0.05) is 0 Å². The molecule has 0 radical (unpaired) electrons. The zero-order chi connectivity index (χ0) is 12.3. The maximum absolute atomic E-state index is 11.8. The van der Waals surface area contributed by atoms with Crippen molar-refractivity contribution in [3.8, 4) is 0 Å². The molecule has 1 heterocycles. The van der Waals surface area contributed by atoms with Crippen LogP contribution in [-0.4, -0.2) is 13.9 Å². The summed E-state index contributed by atoms with van der Waals surface area (Å²) in [5, 5.41) is 0. The molecular weight excluding hydrogens is 288 g/mol. The molecule has 1 unspecified atom stereocenters. The van der Waals surface area contributed by atoms with Crippen molar-refractivity contribution in [3.63, 3.8) is 0 Å². The first kappa shape index (κ1) is 13.8. The summed E-state index contributed by atoms with van der Waals surface area (Å²) in [6.07, 6.45) is 3.56. The van der Waals surface area contributed by atoms with Crippen LogP contribution in [0.25, 0.3) is 0 Å². The summed E-state index contributed by atoms with van der Waals surface area (Å²) in [4.78, 5) is 4.10. The van der Waals surface area contributed by atoms with E-state index in [0.29, 0.717) is 6.54 Å². The van der Waals surface area contributed by atoms with Gasteiger partial charge in [0.05, 0.1) is 15.7 Å². The predicted octanol–water partition coefficient (Wildman–Crippen LogP) is 2.70. The van der Waals surface area contributed by atoms with Crippen molar-refractivity contribution in [3.05, 3.63) is 28.0 Å². The largest absolute Gasteiger partial charge is 0.263 e. The summed E-state index contributed by atoms with van der Waals surface area (Å²) >= 11 is 3.43. The number of hydrogen-bond acceptors (Lipinski definition) is 2. The van der Waals surface area contributed by atoms with E-state index in [1.807, 2.05) is 27.7 Å². The van der Waals surface area contributed by atoms with Crippen molar-refractivity contribution in [2.45, 2.75) is 39.0 Å². The third-order valence-electron chi connectivity index (χ3n) is 2.21. The summed E-state index contributed by atoms with van der Waals surface area (Å²) in [5.41, 5.74) is 2.19. The highest BCUT2D eigenvalue weighted by Gasteiger charge is 2.19. The van der Waals surface area contributed by atoms with E-state index >= 15 is 0 Å². The number of nitrogens with one attached hydrogen (secondary N) is 1. The normalized spacial score (nSPS) is 13.8. The van der Waals surface area contributed by atoms with Crippen LogP contribution in [0, 0.1) is 6.92 Å². The van der Waals surface area contributed by atoms with Crippen molar-refractivity contribution >= 4 is 26.9 Å². The van der Waals surface area contributed by atoms with Crippen LogP contribution in [0.3, 0.4) is 0 Å². The van der Waals surface area contributed by atoms with Crippen LogP contribution in [0.4, 0.5) is 0 Å². The minimum absolute atomic E-state index is 0.243. The molecule has 0 aromatic carbocycles. The fraction of sp³-hybridized carbons (Fsp3) is 0.545. The SMILES string of the molecule is Cc1c(Br)cncc1CNS(=O)C(C)(C)C. The second-order valence-electron chi connectivity index (χ2n) is 4.61. The molecule has 0 bridgehead atoms. The van der Waals surface area contributed by atoms with E-state index in [9.17, 15) is 4.21 Å². The molecule has 0 aliphatic carbocycles. The van der Waals surface area contributed by atoms with Gasteiger partial charge in [0, 0.05) is 23.4 Å². The van der Waals surface area contributed by atoms with E-state index < -0.39 is 11.0 Å². The highest BCUT2D eigenvalue weighted by Crippen LogP contribution is 2.18. The smallest absolute Gasteiger partial charge is 0.0973 e. The van der Waals surface area contributed by atoms with E-state index in [1.54, 1.807) is 12.4 Å². The molecule has 0 amide bonds. The van der Waals surface area contributed by atoms with Gasteiger partial charge < -0.3 is 0 Å². The van der Waals surface area contributed by atoms with Gasteiger partial charge in [0.25, 0.3) is 0 Å². The third kappa shape index (κ3) is 3.64. The van der Waals surface area contributed by atoms with E-state index in [4.69, 9.17) is 0 Å². The van der Waals surface area contributed by atoms with Gasteiger partial charge in [-0.25, -0.2) is 8.93 Å². The molecular formula is C11H17BrN2OS. The molecule has 0 fully saturated rings. The molecule has 0 aliphatic rings. The Morgan fingerprint density at radius 1 is 1.44 bits per heavy atom. The zero-order valence-electron chi connectivity index (χ0n) is 10.0. The second kappa shape index (κ2) is 5.38. The molecule has 5 heteroatoms. The number of rotatable bonds is 3. The van der Waals surface area contributed by atoms with Crippen molar-refractivity contribution in [2.24, 2.45) is 0 Å². The van der Waals surface area contributed by atoms with Crippen LogP contribution in [0.15, 0.2) is 16.9 Å². The third-order valence-corrected chi connectivity index (χ3v) is 4.53. The van der Waals surface area contributed by atoms with E-state index in [0.717, 1.165) is 15.6 Å². The Morgan fingerprint density at radius 3 is 2.62 bits per heavy atom. The molecule has 1 rings (SSSR count). The summed E-state index contributed by atoms with van der Waals surface area (Å²) in [7, 11) is -1.05. The minimum atomic E-state index is -1.05. The molecule has 90 valence electrons. The Bertz CT molecular complexity index is 401. The number of nitrogens with zero attached hydrogens (tertiary/aromatic N) is 1. The lowest BCUT2D eigenvalue weighted by molar-refractivity contribution is 0.634. The Labute approximate surface area is 108 Å². The number of aromatic nitrogens is 1. The highest BCUT2D eigenvalue weighted by molar-refractivity contribution is 9.10. The molecule has 1 aromatic heterocycles. The Hall–Kier alpha value is -0.260. The van der Waals surface area contributed by atoms with Gasteiger partial charge in [-0.2, -0.15) is 0 Å². The lowest BCUT2D eigenvalue weighted by atomic mass is 10.2. The van der Waals surface area contributed by atoms with Gasteiger partial charge in [0.2, 0.25) is 0 Å². The molecule has 1 N–H and O–H groups in total. The van der Waals surface area contributed by atoms with Crippen LogP contribution < -0.4 is 4.72 Å². The fourth-order valence-electron chi connectivity index (χ4n) is 1.08. The quantitative estimate of drug-likeness (QED) is 0.933. The minimum Gasteiger partial charge on any atom is -0.263 e. The first-order chi connectivity index (χ1) is 7.32. The topological polar surface area (TPSA) is 42.0 Å². The average molecular weight is 305 g/mol. The number of pyridine rings is 1. The van der Waals surface area contributed by atoms with E-state index in [-0.39, 0.29) is 4.75 Å². The van der Waals surface area contributed by atoms with Crippen LogP contribution >= 0.6 is 15.9 Å². The molecule has 3 nitrogen and oxygen atoms in total. The first-order valence-corrected chi connectivity index (χ1v) is 7.01. The van der Waals surface area contributed by atoms with Crippen LogP contribution in [0.2, 0.25) is 0 Å². The monoisotopic (exact) mass is 304 g/mol. The van der Waals surface area contributed by atoms with Crippen molar-refractivity contribution < 1.29 is 4.21 Å².